The van der Waals surface area contributed by atoms with Gasteiger partial charge in [0.25, 0.3) is 0 Å². The van der Waals surface area contributed by atoms with E-state index < -0.39 is 10.3 Å². The van der Waals surface area contributed by atoms with Crippen molar-refractivity contribution in [3.8, 4) is 50.2 Å². The zero-order chi connectivity index (χ0) is 45.8. The van der Waals surface area contributed by atoms with Crippen molar-refractivity contribution >= 4 is 160 Å². The molecule has 11 rings (SSSR count). The average molecular weight is 815 g/mol. The smallest absolute Gasteiger partial charge is 0.136 e. The highest BCUT2D eigenvalue weighted by Crippen LogP contribution is 2.48. The summed E-state index contributed by atoms with van der Waals surface area (Å²) in [6.07, 6.45) is 0. The van der Waals surface area contributed by atoms with Gasteiger partial charge in [-0.05, 0) is 109 Å². The molecule has 0 saturated heterocycles. The Bertz CT molecular complexity index is 3750. The lowest BCUT2D eigenvalue weighted by atomic mass is 9.23. The summed E-state index contributed by atoms with van der Waals surface area (Å²) in [5.74, 6) is 0.231. The van der Waals surface area contributed by atoms with Crippen LogP contribution in [0.2, 0.25) is 5.11 Å². The zero-order valence-electron chi connectivity index (χ0n) is 35.6. The number of benzene rings is 9. The third kappa shape index (κ3) is 6.44. The minimum atomic E-state index is -1.96. The van der Waals surface area contributed by atoms with Gasteiger partial charge in [-0.1, -0.05) is 131 Å². The quantitative estimate of drug-likeness (QED) is 0.148. The van der Waals surface area contributed by atoms with Gasteiger partial charge < -0.3 is 4.42 Å². The van der Waals surface area contributed by atoms with E-state index in [0.29, 0.717) is 11.1 Å². The number of imidazole rings is 1. The fourth-order valence-corrected chi connectivity index (χ4v) is 9.47. The summed E-state index contributed by atoms with van der Waals surface area (Å²) in [5.41, 5.74) is 12.3. The second-order valence-electron chi connectivity index (χ2n) is 17.0. The number of rotatable bonds is 7. The molecule has 0 aliphatic carbocycles. The third-order valence-corrected chi connectivity index (χ3v) is 13.0. The molecule has 0 atom stereocenters. The maximum absolute atomic E-state index is 6.69. The number of fused-ring (bicyclic) bond motifs is 6. The van der Waals surface area contributed by atoms with Crippen molar-refractivity contribution in [1.82, 2.24) is 9.55 Å². The molecule has 0 fully saturated rings. The van der Waals surface area contributed by atoms with Crippen molar-refractivity contribution in [3.63, 3.8) is 0 Å². The zero-order valence-corrected chi connectivity index (χ0v) is 35.6. The van der Waals surface area contributed by atoms with Gasteiger partial charge in [-0.3, -0.25) is 4.57 Å². The van der Waals surface area contributed by atoms with Gasteiger partial charge in [0.15, 0.2) is 0 Å². The maximum Gasteiger partial charge on any atom is 0.136 e. The van der Waals surface area contributed by atoms with Crippen LogP contribution in [0.3, 0.4) is 0 Å². The minimum Gasteiger partial charge on any atom is -0.456 e. The Morgan fingerprint density at radius 2 is 0.955 bits per heavy atom. The lowest BCUT2D eigenvalue weighted by Crippen LogP contribution is -2.55. The minimum absolute atomic E-state index is 0.161. The molecule has 0 aliphatic heterocycles. The molecular formula is C53H26B10N2O. The first-order valence-electron chi connectivity index (χ1n) is 21.3. The summed E-state index contributed by atoms with van der Waals surface area (Å²) < 4.78 is 8.25. The van der Waals surface area contributed by atoms with E-state index in [1.807, 2.05) is 89.5 Å². The molecule has 2 aromatic heterocycles. The molecule has 0 spiro atoms. The molecule has 0 bridgehead atoms. The molecule has 0 amide bonds. The molecule has 66 heavy (non-hydrogen) atoms. The first-order valence-corrected chi connectivity index (χ1v) is 21.3. The van der Waals surface area contributed by atoms with Crippen molar-refractivity contribution in [2.75, 3.05) is 0 Å². The van der Waals surface area contributed by atoms with Gasteiger partial charge in [0.1, 0.15) is 56.2 Å². The van der Waals surface area contributed by atoms with Crippen LogP contribution in [0, 0.1) is 0 Å². The van der Waals surface area contributed by atoms with E-state index in [4.69, 9.17) is 87.9 Å². The number of nitrogens with zero attached hydrogens (tertiary/aromatic N) is 2. The number of hydrogen-bond donors (Lipinski definition) is 0. The highest BCUT2D eigenvalue weighted by molar-refractivity contribution is 6.69. The Morgan fingerprint density at radius 1 is 0.424 bits per heavy atom. The maximum atomic E-state index is 6.69. The molecule has 2 heterocycles. The van der Waals surface area contributed by atoms with Gasteiger partial charge in [0.05, 0.1) is 50.3 Å². The van der Waals surface area contributed by atoms with Crippen LogP contribution in [0.1, 0.15) is 5.82 Å². The van der Waals surface area contributed by atoms with Gasteiger partial charge in [0.2, 0.25) is 0 Å². The molecule has 0 aliphatic rings. The number of furan rings is 1. The molecule has 0 unspecified atom stereocenters. The fraction of sp³-hybridized carbons (Fsp3) is 0.0377. The lowest BCUT2D eigenvalue weighted by Gasteiger charge is -2.41. The molecule has 3 nitrogen and oxygen atoms in total. The Labute approximate surface area is 396 Å². The Hall–Kier alpha value is -6.58. The summed E-state index contributed by atoms with van der Waals surface area (Å²) in [5, 5.41) is 2.31. The molecule has 0 saturated carbocycles. The van der Waals surface area contributed by atoms with Gasteiger partial charge in [-0.15, -0.1) is 21.5 Å². The standard InChI is InChI=1S/C53H26B10N2O/c54-46-43(47(55)49(57)50(58)48(46)56)30-22-25-34-37(26-30)44(36-11-7-15-41-45(36)35-10-3-6-14-40(35)66-41)33-9-2-1-8-32(33)42(34)29-18-16-27(17-19-29)28-20-23-31(24-21-28)65-39-13-5-4-12-38(39)64-51(65)52(59,60)53(61,62)63/h1-26H. The molecular weight excluding hydrogens is 789 g/mol. The van der Waals surface area contributed by atoms with Crippen LogP contribution in [0.15, 0.2) is 162 Å². The molecule has 284 valence electrons. The van der Waals surface area contributed by atoms with Crippen LogP contribution in [0.4, 0.5) is 0 Å². The lowest BCUT2D eigenvalue weighted by molar-refractivity contribution is 0.669. The molecule has 11 aromatic rings. The van der Waals surface area contributed by atoms with E-state index in [1.54, 1.807) is 0 Å². The summed E-state index contributed by atoms with van der Waals surface area (Å²) in [6.45, 7) is 0. The molecule has 13 heteroatoms. The summed E-state index contributed by atoms with van der Waals surface area (Å²) >= 11 is 0. The Morgan fingerprint density at radius 3 is 1.64 bits per heavy atom. The first-order chi connectivity index (χ1) is 31.7. The van der Waals surface area contributed by atoms with E-state index in [1.165, 1.54) is 0 Å². The van der Waals surface area contributed by atoms with Crippen LogP contribution in [-0.4, -0.2) is 88.0 Å². The van der Waals surface area contributed by atoms with E-state index in [0.717, 1.165) is 93.6 Å². The van der Waals surface area contributed by atoms with E-state index in [9.17, 15) is 0 Å². The molecule has 20 radical (unpaired) electrons. The highest BCUT2D eigenvalue weighted by atomic mass is 16.3. The van der Waals surface area contributed by atoms with Gasteiger partial charge in [0, 0.05) is 16.5 Å². The van der Waals surface area contributed by atoms with E-state index in [2.05, 4.69) is 72.8 Å². The average Bonchev–Trinajstić information content (AvgIpc) is 3.92. The number of para-hydroxylation sites is 3. The highest BCUT2D eigenvalue weighted by Gasteiger charge is 2.36. The molecule has 0 N–H and O–H groups in total. The predicted molar refractivity (Wildman–Crippen MR) is 285 cm³/mol. The van der Waals surface area contributed by atoms with Crippen LogP contribution in [-0.2, 0) is 5.21 Å². The number of aromatic nitrogens is 2. The molecule has 9 aromatic carbocycles. The normalized spacial score (nSPS) is 12.2. The monoisotopic (exact) mass is 816 g/mol. The van der Waals surface area contributed by atoms with Gasteiger partial charge in [-0.2, -0.15) is 0 Å². The van der Waals surface area contributed by atoms with Crippen LogP contribution in [0.5, 0.6) is 0 Å². The largest absolute Gasteiger partial charge is 0.456 e. The Kier molecular flexibility index (Phi) is 9.89. The number of hydrogen-bond acceptors (Lipinski definition) is 2. The summed E-state index contributed by atoms with van der Waals surface area (Å²) in [6, 6.07) is 53.2. The first kappa shape index (κ1) is 42.1. The van der Waals surface area contributed by atoms with E-state index in [-0.39, 0.29) is 33.1 Å². The van der Waals surface area contributed by atoms with Crippen molar-refractivity contribution in [3.05, 3.63) is 164 Å². The second-order valence-corrected chi connectivity index (χ2v) is 17.0. The topological polar surface area (TPSA) is 31.0 Å². The summed E-state index contributed by atoms with van der Waals surface area (Å²) in [7, 11) is 63.7. The van der Waals surface area contributed by atoms with Crippen LogP contribution >= 0.6 is 0 Å². The summed E-state index contributed by atoms with van der Waals surface area (Å²) in [4.78, 5) is 4.72. The van der Waals surface area contributed by atoms with Gasteiger partial charge in [-0.25, -0.2) is 4.98 Å². The van der Waals surface area contributed by atoms with Crippen LogP contribution in [0.25, 0.3) is 105 Å². The third-order valence-electron chi connectivity index (χ3n) is 13.0. The van der Waals surface area contributed by atoms with Crippen molar-refractivity contribution in [1.29, 1.82) is 0 Å². The van der Waals surface area contributed by atoms with Gasteiger partial charge >= 0.3 is 0 Å². The van der Waals surface area contributed by atoms with Crippen LogP contribution < -0.4 is 27.3 Å². The predicted octanol–water partition coefficient (Wildman–Crippen LogP) is 5.94. The van der Waals surface area contributed by atoms with Crippen molar-refractivity contribution in [2.24, 2.45) is 0 Å². The Balaban J connectivity index is 1.09. The van der Waals surface area contributed by atoms with Crippen molar-refractivity contribution in [2.45, 2.75) is 10.3 Å². The fourth-order valence-electron chi connectivity index (χ4n) is 9.47. The SMILES string of the molecule is [B]c1c([B])c([B])c(-c2ccc3c(-c4ccc(-c5ccc(-n6c(C([B])([B])C([B])([B])[B])nc7ccccc76)cc5)cc4)c4ccccc4c(-c4cccc5oc6ccccc6c45)c3c2)c([B])c1[B]. The van der Waals surface area contributed by atoms with Crippen molar-refractivity contribution < 1.29 is 4.42 Å². The second kappa shape index (κ2) is 15.5. The van der Waals surface area contributed by atoms with E-state index >= 15 is 0 Å².